The van der Waals surface area contributed by atoms with Gasteiger partial charge in [0.2, 0.25) is 0 Å². The fourth-order valence-corrected chi connectivity index (χ4v) is 4.68. The van der Waals surface area contributed by atoms with Crippen LogP contribution in [0.3, 0.4) is 0 Å². The van der Waals surface area contributed by atoms with E-state index in [0.717, 1.165) is 29.8 Å². The molecule has 2 aromatic carbocycles. The molecular formula is C20H21N3O7S. The van der Waals surface area contributed by atoms with Crippen LogP contribution in [0.5, 0.6) is 0 Å². The van der Waals surface area contributed by atoms with Gasteiger partial charge in [0.25, 0.3) is 15.8 Å². The summed E-state index contributed by atoms with van der Waals surface area (Å²) in [6.45, 7) is 0.524. The largest absolute Gasteiger partial charge is 0.344 e. The minimum atomic E-state index is -4.10. The number of urea groups is 1. The molecule has 2 fully saturated rings. The van der Waals surface area contributed by atoms with Crippen molar-refractivity contribution in [1.82, 2.24) is 9.96 Å². The van der Waals surface area contributed by atoms with Crippen LogP contribution in [0.15, 0.2) is 59.5 Å². The summed E-state index contributed by atoms with van der Waals surface area (Å²) in [5.74, 6) is 0. The second-order valence-electron chi connectivity index (χ2n) is 7.39. The van der Waals surface area contributed by atoms with E-state index in [4.69, 9.17) is 9.02 Å². The Kier molecular flexibility index (Phi) is 5.90. The molecule has 2 atom stereocenters. The predicted molar refractivity (Wildman–Crippen MR) is 108 cm³/mol. The average molecular weight is 447 g/mol. The number of rotatable bonds is 8. The van der Waals surface area contributed by atoms with Crippen LogP contribution < -0.4 is 0 Å². The summed E-state index contributed by atoms with van der Waals surface area (Å²) >= 11 is 0. The molecule has 0 aromatic heterocycles. The first-order chi connectivity index (χ1) is 14.8. The van der Waals surface area contributed by atoms with Gasteiger partial charge >= 0.3 is 6.03 Å². The Bertz CT molecular complexity index is 1060. The molecule has 0 unspecified atom stereocenters. The number of hydrogen-bond acceptors (Lipinski definition) is 7. The molecular weight excluding hydrogens is 426 g/mol. The van der Waals surface area contributed by atoms with Gasteiger partial charge in [-0.2, -0.15) is 13.5 Å². The van der Waals surface area contributed by atoms with E-state index in [1.807, 2.05) is 30.3 Å². The molecule has 0 aliphatic carbocycles. The van der Waals surface area contributed by atoms with Crippen molar-refractivity contribution in [3.63, 3.8) is 0 Å². The van der Waals surface area contributed by atoms with E-state index >= 15 is 0 Å². The monoisotopic (exact) mass is 447 g/mol. The number of non-ortho nitro benzene ring substituents is 1. The molecule has 2 amide bonds. The number of hydrogen-bond donors (Lipinski definition) is 0. The van der Waals surface area contributed by atoms with Crippen LogP contribution in [-0.2, 0) is 25.7 Å². The van der Waals surface area contributed by atoms with E-state index in [9.17, 15) is 23.3 Å². The van der Waals surface area contributed by atoms with Gasteiger partial charge in [0.15, 0.2) is 0 Å². The van der Waals surface area contributed by atoms with Crippen molar-refractivity contribution in [2.75, 3.05) is 13.2 Å². The van der Waals surface area contributed by atoms with Crippen molar-refractivity contribution in [2.45, 2.75) is 36.4 Å². The van der Waals surface area contributed by atoms with Crippen LogP contribution in [0.25, 0.3) is 0 Å². The summed E-state index contributed by atoms with van der Waals surface area (Å²) in [7, 11) is -4.10. The van der Waals surface area contributed by atoms with Crippen LogP contribution in [0.4, 0.5) is 10.5 Å². The summed E-state index contributed by atoms with van der Waals surface area (Å²) in [5, 5.41) is 12.1. The number of piperidine rings is 1. The van der Waals surface area contributed by atoms with E-state index in [2.05, 4.69) is 0 Å². The number of carbonyl (C=O) groups excluding carboxylic acids is 1. The minimum absolute atomic E-state index is 0.0845. The zero-order chi connectivity index (χ0) is 22.0. The lowest BCUT2D eigenvalue weighted by Gasteiger charge is -2.29. The quantitative estimate of drug-likeness (QED) is 0.347. The maximum atomic E-state index is 12.8. The van der Waals surface area contributed by atoms with Gasteiger partial charge < -0.3 is 4.90 Å². The summed E-state index contributed by atoms with van der Waals surface area (Å²) in [4.78, 5) is 30.0. The van der Waals surface area contributed by atoms with Gasteiger partial charge in [0.1, 0.15) is 6.61 Å². The lowest BCUT2D eigenvalue weighted by Crippen LogP contribution is -2.43. The van der Waals surface area contributed by atoms with Crippen molar-refractivity contribution in [3.8, 4) is 0 Å². The molecule has 2 saturated heterocycles. The Hall–Kier alpha value is -3.02. The van der Waals surface area contributed by atoms with Crippen LogP contribution in [-0.4, -0.2) is 54.6 Å². The van der Waals surface area contributed by atoms with Crippen molar-refractivity contribution in [3.05, 3.63) is 70.3 Å². The molecule has 4 rings (SSSR count). The van der Waals surface area contributed by atoms with E-state index in [1.54, 1.807) is 4.90 Å². The summed E-state index contributed by atoms with van der Waals surface area (Å²) in [5.41, 5.74) is 0.733. The fourth-order valence-electron chi connectivity index (χ4n) is 3.74. The SMILES string of the molecule is O=C1N2C[C@@H](CC[C@H]2COS(=O)(=O)c2ccc([N+](=O)[O-])cc2)N1OCc1ccccc1. The number of amides is 2. The molecule has 0 radical (unpaired) electrons. The molecule has 0 spiro atoms. The van der Waals surface area contributed by atoms with Gasteiger partial charge in [-0.25, -0.2) is 4.79 Å². The predicted octanol–water partition coefficient (Wildman–Crippen LogP) is 2.70. The normalized spacial score (nSPS) is 20.8. The molecule has 2 aliphatic rings. The topological polar surface area (TPSA) is 119 Å². The fraction of sp³-hybridized carbons (Fsp3) is 0.350. The standard InChI is InChI=1S/C20H21N3O7S/c24-20-21-12-17(22(20)29-13-15-4-2-1-3-5-15)6-7-18(21)14-30-31(27,28)19-10-8-16(9-11-19)23(25)26/h1-5,8-11,17-18H,6-7,12-14H2/t17-,18+/m1/s1. The van der Waals surface area contributed by atoms with Gasteiger partial charge in [0, 0.05) is 18.7 Å². The second-order valence-corrected chi connectivity index (χ2v) is 9.01. The number of benzene rings is 2. The number of fused-ring (bicyclic) bond motifs is 2. The number of nitro benzene ring substituents is 1. The highest BCUT2D eigenvalue weighted by molar-refractivity contribution is 7.86. The van der Waals surface area contributed by atoms with E-state index in [1.165, 1.54) is 5.06 Å². The lowest BCUT2D eigenvalue weighted by molar-refractivity contribution is -0.384. The minimum Gasteiger partial charge on any atom is -0.315 e. The van der Waals surface area contributed by atoms with E-state index in [-0.39, 0.29) is 35.9 Å². The third-order valence-corrected chi connectivity index (χ3v) is 6.71. The molecule has 11 heteroatoms. The summed E-state index contributed by atoms with van der Waals surface area (Å²) in [6, 6.07) is 13.2. The lowest BCUT2D eigenvalue weighted by atomic mass is 10.0. The van der Waals surface area contributed by atoms with Gasteiger partial charge in [-0.1, -0.05) is 30.3 Å². The summed E-state index contributed by atoms with van der Waals surface area (Å²) < 4.78 is 30.0. The van der Waals surface area contributed by atoms with Crippen molar-refractivity contribution in [1.29, 1.82) is 0 Å². The van der Waals surface area contributed by atoms with Crippen LogP contribution in [0.2, 0.25) is 0 Å². The molecule has 31 heavy (non-hydrogen) atoms. The molecule has 2 heterocycles. The first kappa shape index (κ1) is 21.2. The Balaban J connectivity index is 1.36. The van der Waals surface area contributed by atoms with Crippen LogP contribution in [0, 0.1) is 10.1 Å². The molecule has 10 nitrogen and oxygen atoms in total. The van der Waals surface area contributed by atoms with E-state index in [0.29, 0.717) is 19.4 Å². The first-order valence-electron chi connectivity index (χ1n) is 9.76. The highest BCUT2D eigenvalue weighted by Crippen LogP contribution is 2.31. The highest BCUT2D eigenvalue weighted by atomic mass is 32.2. The number of hydroxylamine groups is 2. The first-order valence-corrected chi connectivity index (χ1v) is 11.2. The third-order valence-electron chi connectivity index (χ3n) is 5.41. The Morgan fingerprint density at radius 3 is 2.45 bits per heavy atom. The highest BCUT2D eigenvalue weighted by Gasteiger charge is 2.46. The molecule has 2 aliphatic heterocycles. The van der Waals surface area contributed by atoms with Gasteiger partial charge in [-0.3, -0.25) is 19.1 Å². The molecule has 164 valence electrons. The van der Waals surface area contributed by atoms with Crippen molar-refractivity contribution in [2.24, 2.45) is 0 Å². The smallest absolute Gasteiger partial charge is 0.315 e. The van der Waals surface area contributed by atoms with Crippen LogP contribution >= 0.6 is 0 Å². The Morgan fingerprint density at radius 2 is 1.77 bits per heavy atom. The van der Waals surface area contributed by atoms with Gasteiger partial charge in [-0.15, -0.1) is 0 Å². The number of carbonyl (C=O) groups is 1. The molecule has 0 saturated carbocycles. The van der Waals surface area contributed by atoms with Crippen molar-refractivity contribution >= 4 is 21.8 Å². The second kappa shape index (κ2) is 8.61. The third kappa shape index (κ3) is 4.53. The van der Waals surface area contributed by atoms with Gasteiger partial charge in [-0.05, 0) is 30.5 Å². The molecule has 0 N–H and O–H groups in total. The zero-order valence-electron chi connectivity index (χ0n) is 16.5. The van der Waals surface area contributed by atoms with Crippen molar-refractivity contribution < 1.29 is 27.2 Å². The zero-order valence-corrected chi connectivity index (χ0v) is 17.3. The molecule has 2 aromatic rings. The maximum absolute atomic E-state index is 12.8. The Morgan fingerprint density at radius 1 is 1.06 bits per heavy atom. The van der Waals surface area contributed by atoms with E-state index < -0.39 is 21.1 Å². The Labute approximate surface area is 179 Å². The average Bonchev–Trinajstić information content (AvgIpc) is 3.02. The number of nitro groups is 1. The maximum Gasteiger partial charge on any atom is 0.344 e. The summed E-state index contributed by atoms with van der Waals surface area (Å²) in [6.07, 6.45) is 1.25. The number of nitrogens with zero attached hydrogens (tertiary/aromatic N) is 3. The van der Waals surface area contributed by atoms with Gasteiger partial charge in [0.05, 0.1) is 28.5 Å². The molecule has 2 bridgehead atoms. The van der Waals surface area contributed by atoms with Crippen LogP contribution in [0.1, 0.15) is 18.4 Å².